The molecule has 0 saturated carbocycles. The van der Waals surface area contributed by atoms with Gasteiger partial charge in [-0.3, -0.25) is 9.48 Å². The summed E-state index contributed by atoms with van der Waals surface area (Å²) in [6, 6.07) is 2.28. The number of pyridine rings is 1. The summed E-state index contributed by atoms with van der Waals surface area (Å²) in [4.78, 5) is 31.3. The van der Waals surface area contributed by atoms with Crippen LogP contribution in [0.4, 0.5) is 33.7 Å². The Morgan fingerprint density at radius 2 is 1.97 bits per heavy atom. The van der Waals surface area contributed by atoms with Crippen LogP contribution in [0.1, 0.15) is 17.7 Å². The highest BCUT2D eigenvalue weighted by Gasteiger charge is 2.35. The number of urea groups is 1. The molecule has 35 heavy (non-hydrogen) atoms. The van der Waals surface area contributed by atoms with Crippen molar-refractivity contribution in [3.8, 4) is 5.88 Å². The van der Waals surface area contributed by atoms with Gasteiger partial charge in [0.05, 0.1) is 23.6 Å². The highest BCUT2D eigenvalue weighted by Crippen LogP contribution is 2.34. The molecule has 1 aromatic carbocycles. The van der Waals surface area contributed by atoms with Crippen LogP contribution in [0.15, 0.2) is 24.3 Å². The number of carbonyl (C=O) groups is 2. The van der Waals surface area contributed by atoms with Gasteiger partial charge in [0.15, 0.2) is 5.65 Å². The molecule has 0 bridgehead atoms. The molecular formula is C22H24F4N6O3. The molecule has 3 rings (SSSR count). The summed E-state index contributed by atoms with van der Waals surface area (Å²) in [7, 11) is 5.50. The van der Waals surface area contributed by atoms with E-state index < -0.39 is 29.3 Å². The Bertz CT molecular complexity index is 1240. The molecule has 0 unspecified atom stereocenters. The van der Waals surface area contributed by atoms with E-state index in [2.05, 4.69) is 15.4 Å². The highest BCUT2D eigenvalue weighted by atomic mass is 19.4. The minimum absolute atomic E-state index is 0.0294. The fourth-order valence-electron chi connectivity index (χ4n) is 3.36. The number of aryl methyl sites for hydroxylation is 2. The van der Waals surface area contributed by atoms with E-state index in [4.69, 9.17) is 4.74 Å². The number of aromatic nitrogens is 3. The molecule has 0 aliphatic carbocycles. The van der Waals surface area contributed by atoms with Gasteiger partial charge >= 0.3 is 12.2 Å². The van der Waals surface area contributed by atoms with Crippen LogP contribution in [0, 0.1) is 12.7 Å². The molecule has 3 aromatic rings. The predicted molar refractivity (Wildman–Crippen MR) is 121 cm³/mol. The molecule has 2 aromatic heterocycles. The lowest BCUT2D eigenvalue weighted by atomic mass is 10.1. The van der Waals surface area contributed by atoms with Gasteiger partial charge in [-0.25, -0.2) is 14.1 Å². The van der Waals surface area contributed by atoms with Crippen molar-refractivity contribution in [1.82, 2.24) is 19.7 Å². The van der Waals surface area contributed by atoms with E-state index in [1.165, 1.54) is 4.68 Å². The zero-order valence-electron chi connectivity index (χ0n) is 19.5. The first-order valence-corrected chi connectivity index (χ1v) is 10.5. The topological polar surface area (TPSA) is 92.6 Å². The number of rotatable bonds is 8. The van der Waals surface area contributed by atoms with Crippen LogP contribution >= 0.6 is 0 Å². The summed E-state index contributed by atoms with van der Waals surface area (Å²) in [6.45, 7) is 2.74. The van der Waals surface area contributed by atoms with Gasteiger partial charge in [0, 0.05) is 19.0 Å². The SMILES string of the molecule is Cc1nn(C)c2nc(OCCCN(C)C)c(NC(=O)N(C=O)c3ccc(F)c(C(F)(F)F)c3)cc12. The van der Waals surface area contributed by atoms with Crippen molar-refractivity contribution < 1.29 is 31.9 Å². The Morgan fingerprint density at radius 3 is 2.60 bits per heavy atom. The summed E-state index contributed by atoms with van der Waals surface area (Å²) in [6.07, 6.45) is -4.33. The van der Waals surface area contributed by atoms with E-state index >= 15 is 0 Å². The average molecular weight is 496 g/mol. The molecule has 13 heteroatoms. The quantitative estimate of drug-likeness (QED) is 0.288. The molecule has 0 radical (unpaired) electrons. The maximum Gasteiger partial charge on any atom is 0.419 e. The van der Waals surface area contributed by atoms with Crippen LogP contribution in [0.5, 0.6) is 5.88 Å². The molecule has 3 amide bonds. The van der Waals surface area contributed by atoms with E-state index in [1.54, 1.807) is 20.0 Å². The van der Waals surface area contributed by atoms with Gasteiger partial charge < -0.3 is 15.0 Å². The van der Waals surface area contributed by atoms with Crippen molar-refractivity contribution in [3.05, 3.63) is 41.3 Å². The Balaban J connectivity index is 1.94. The average Bonchev–Trinajstić information content (AvgIpc) is 3.04. The van der Waals surface area contributed by atoms with Crippen molar-refractivity contribution in [1.29, 1.82) is 0 Å². The monoisotopic (exact) mass is 496 g/mol. The number of fused-ring (bicyclic) bond motifs is 1. The number of nitrogens with one attached hydrogen (secondary N) is 1. The maximum atomic E-state index is 13.7. The molecule has 0 spiro atoms. The summed E-state index contributed by atoms with van der Waals surface area (Å²) >= 11 is 0. The summed E-state index contributed by atoms with van der Waals surface area (Å²) in [5, 5.41) is 7.34. The molecule has 188 valence electrons. The molecule has 1 N–H and O–H groups in total. The Kier molecular flexibility index (Phi) is 7.58. The van der Waals surface area contributed by atoms with Crippen LogP contribution in [-0.4, -0.2) is 59.4 Å². The van der Waals surface area contributed by atoms with Crippen molar-refractivity contribution in [2.45, 2.75) is 19.5 Å². The van der Waals surface area contributed by atoms with Gasteiger partial charge in [0.25, 0.3) is 0 Å². The Hall–Kier alpha value is -3.74. The minimum atomic E-state index is -5.01. The molecular weight excluding hydrogens is 472 g/mol. The number of benzene rings is 1. The summed E-state index contributed by atoms with van der Waals surface area (Å²) in [5.41, 5.74) is -0.873. The summed E-state index contributed by atoms with van der Waals surface area (Å²) < 4.78 is 60.3. The molecule has 0 fully saturated rings. The number of hydrogen-bond acceptors (Lipinski definition) is 6. The molecule has 9 nitrogen and oxygen atoms in total. The lowest BCUT2D eigenvalue weighted by Crippen LogP contribution is -2.34. The van der Waals surface area contributed by atoms with Crippen molar-refractivity contribution in [2.24, 2.45) is 7.05 Å². The molecule has 0 saturated heterocycles. The number of anilines is 2. The number of nitrogens with zero attached hydrogens (tertiary/aromatic N) is 5. The van der Waals surface area contributed by atoms with Crippen LogP contribution in [0.25, 0.3) is 11.0 Å². The number of ether oxygens (including phenoxy) is 1. The lowest BCUT2D eigenvalue weighted by molar-refractivity contribution is -0.140. The first-order chi connectivity index (χ1) is 16.4. The Morgan fingerprint density at radius 1 is 1.26 bits per heavy atom. The second-order valence-electron chi connectivity index (χ2n) is 7.99. The predicted octanol–water partition coefficient (Wildman–Crippen LogP) is 3.96. The van der Waals surface area contributed by atoms with Gasteiger partial charge in [0.1, 0.15) is 11.5 Å². The largest absolute Gasteiger partial charge is 0.476 e. The maximum absolute atomic E-state index is 13.7. The van der Waals surface area contributed by atoms with Gasteiger partial charge in [-0.1, -0.05) is 0 Å². The molecule has 0 atom stereocenters. The van der Waals surface area contributed by atoms with Crippen LogP contribution < -0.4 is 15.0 Å². The van der Waals surface area contributed by atoms with Crippen molar-refractivity contribution in [2.75, 3.05) is 37.5 Å². The molecule has 0 aliphatic heterocycles. The fourth-order valence-corrected chi connectivity index (χ4v) is 3.36. The lowest BCUT2D eigenvalue weighted by Gasteiger charge is -2.19. The molecule has 0 aliphatic rings. The first kappa shape index (κ1) is 25.9. The Labute approximate surface area is 198 Å². The molecule has 2 heterocycles. The van der Waals surface area contributed by atoms with Crippen molar-refractivity contribution >= 4 is 34.8 Å². The van der Waals surface area contributed by atoms with Gasteiger partial charge in [-0.2, -0.15) is 23.3 Å². The van der Waals surface area contributed by atoms with Crippen LogP contribution in [0.3, 0.4) is 0 Å². The van der Waals surface area contributed by atoms with E-state index in [0.29, 0.717) is 40.2 Å². The standard InChI is InChI=1S/C22H24F4N6O3/c1-13-15-11-18(20(28-19(15)31(4)29-13)35-9-5-8-30(2)3)27-21(34)32(12-33)14-6-7-17(23)16(10-14)22(24,25)26/h6-7,10-12H,5,8-9H2,1-4H3,(H,27,34). The number of carbonyl (C=O) groups excluding carboxylic acids is 2. The second-order valence-corrected chi connectivity index (χ2v) is 7.99. The first-order valence-electron chi connectivity index (χ1n) is 10.5. The fraction of sp³-hybridized carbons (Fsp3) is 0.364. The van der Waals surface area contributed by atoms with E-state index in [1.807, 2.05) is 19.0 Å². The van der Waals surface area contributed by atoms with E-state index in [0.717, 1.165) is 12.6 Å². The van der Waals surface area contributed by atoms with Crippen molar-refractivity contribution in [3.63, 3.8) is 0 Å². The minimum Gasteiger partial charge on any atom is -0.476 e. The van der Waals surface area contributed by atoms with Crippen LogP contribution in [-0.2, 0) is 18.0 Å². The van der Waals surface area contributed by atoms with E-state index in [9.17, 15) is 27.2 Å². The van der Waals surface area contributed by atoms with Gasteiger partial charge in [-0.05, 0) is 51.7 Å². The highest BCUT2D eigenvalue weighted by molar-refractivity contribution is 6.12. The summed E-state index contributed by atoms with van der Waals surface area (Å²) in [5.74, 6) is -1.48. The van der Waals surface area contributed by atoms with Gasteiger partial charge in [0.2, 0.25) is 12.3 Å². The number of halogens is 4. The number of amides is 3. The normalized spacial score (nSPS) is 11.7. The zero-order chi connectivity index (χ0) is 25.9. The zero-order valence-corrected chi connectivity index (χ0v) is 19.5. The third kappa shape index (κ3) is 5.85. The van der Waals surface area contributed by atoms with Crippen LogP contribution in [0.2, 0.25) is 0 Å². The second kappa shape index (κ2) is 10.3. The smallest absolute Gasteiger partial charge is 0.419 e. The van der Waals surface area contributed by atoms with Gasteiger partial charge in [-0.15, -0.1) is 0 Å². The number of hydrogen-bond donors (Lipinski definition) is 1. The third-order valence-electron chi connectivity index (χ3n) is 5.05. The number of imide groups is 1. The van der Waals surface area contributed by atoms with E-state index in [-0.39, 0.29) is 24.6 Å². The third-order valence-corrected chi connectivity index (χ3v) is 5.05. The number of alkyl halides is 3.